The molecule has 0 aliphatic carbocycles. The Labute approximate surface area is 185 Å². The summed E-state index contributed by atoms with van der Waals surface area (Å²) in [5.74, 6) is -3.53. The van der Waals surface area contributed by atoms with Gasteiger partial charge in [0.1, 0.15) is 17.3 Å². The molecule has 1 amide bonds. The highest BCUT2D eigenvalue weighted by Crippen LogP contribution is 2.26. The lowest BCUT2D eigenvalue weighted by atomic mass is 10.1. The number of ether oxygens (including phenoxy) is 1. The van der Waals surface area contributed by atoms with Crippen LogP contribution in [-0.2, 0) is 4.74 Å². The van der Waals surface area contributed by atoms with Crippen molar-refractivity contribution in [3.05, 3.63) is 88.8 Å². The van der Waals surface area contributed by atoms with Crippen molar-refractivity contribution in [3.63, 3.8) is 0 Å². The second-order valence-electron chi connectivity index (χ2n) is 6.54. The molecule has 2 aromatic heterocycles. The average Bonchev–Trinajstić information content (AvgIpc) is 3.45. The summed E-state index contributed by atoms with van der Waals surface area (Å²) in [5.41, 5.74) is 0.0531. The SMILES string of the molecule is COC(=O)c1cc(NC(=O)c2cc(-c3ccco3)n(-c3ccc(Cl)cc3)n2)c(F)cc1F. The van der Waals surface area contributed by atoms with E-state index in [1.807, 2.05) is 0 Å². The maximum absolute atomic E-state index is 14.2. The molecule has 0 saturated heterocycles. The molecule has 0 aliphatic heterocycles. The lowest BCUT2D eigenvalue weighted by molar-refractivity contribution is 0.0595. The minimum Gasteiger partial charge on any atom is -0.465 e. The molecule has 1 N–H and O–H groups in total. The normalized spacial score (nSPS) is 10.8. The number of carbonyl (C=O) groups is 2. The Hall–Kier alpha value is -3.98. The van der Waals surface area contributed by atoms with Gasteiger partial charge in [-0.1, -0.05) is 11.6 Å². The Morgan fingerprint density at radius 3 is 2.50 bits per heavy atom. The van der Waals surface area contributed by atoms with E-state index < -0.39 is 34.8 Å². The summed E-state index contributed by atoms with van der Waals surface area (Å²) in [7, 11) is 1.06. The van der Waals surface area contributed by atoms with Gasteiger partial charge in [-0.2, -0.15) is 5.10 Å². The fourth-order valence-corrected chi connectivity index (χ4v) is 3.09. The van der Waals surface area contributed by atoms with Gasteiger partial charge in [0.05, 0.1) is 30.3 Å². The van der Waals surface area contributed by atoms with E-state index in [0.717, 1.165) is 13.2 Å². The quantitative estimate of drug-likeness (QED) is 0.421. The molecule has 2 heterocycles. The molecule has 0 saturated carbocycles. The topological polar surface area (TPSA) is 86.4 Å². The first kappa shape index (κ1) is 21.3. The molecule has 2 aromatic carbocycles. The fraction of sp³-hybridized carbons (Fsp3) is 0.0455. The lowest BCUT2D eigenvalue weighted by Gasteiger charge is -2.08. The van der Waals surface area contributed by atoms with Crippen LogP contribution in [0.4, 0.5) is 14.5 Å². The highest BCUT2D eigenvalue weighted by atomic mass is 35.5. The van der Waals surface area contributed by atoms with Gasteiger partial charge >= 0.3 is 5.97 Å². The number of hydrogen-bond acceptors (Lipinski definition) is 5. The molecule has 7 nitrogen and oxygen atoms in total. The molecule has 0 spiro atoms. The first-order chi connectivity index (χ1) is 15.4. The van der Waals surface area contributed by atoms with Gasteiger partial charge in [0, 0.05) is 17.2 Å². The van der Waals surface area contributed by atoms with Crippen molar-refractivity contribution in [1.29, 1.82) is 0 Å². The zero-order valence-electron chi connectivity index (χ0n) is 16.4. The zero-order valence-corrected chi connectivity index (χ0v) is 17.2. The van der Waals surface area contributed by atoms with Gasteiger partial charge in [-0.3, -0.25) is 4.79 Å². The zero-order chi connectivity index (χ0) is 22.8. The summed E-state index contributed by atoms with van der Waals surface area (Å²) >= 11 is 5.95. The van der Waals surface area contributed by atoms with Gasteiger partial charge in [-0.25, -0.2) is 18.3 Å². The first-order valence-electron chi connectivity index (χ1n) is 9.16. The van der Waals surface area contributed by atoms with Crippen molar-refractivity contribution in [3.8, 4) is 17.1 Å². The molecule has 4 rings (SSSR count). The predicted octanol–water partition coefficient (Wildman–Crippen LogP) is 5.10. The van der Waals surface area contributed by atoms with Crippen LogP contribution in [-0.4, -0.2) is 28.8 Å². The molecule has 0 aliphatic rings. The van der Waals surface area contributed by atoms with Crippen molar-refractivity contribution in [2.24, 2.45) is 0 Å². The molecule has 0 fully saturated rings. The van der Waals surface area contributed by atoms with Crippen LogP contribution in [0.3, 0.4) is 0 Å². The monoisotopic (exact) mass is 457 g/mol. The van der Waals surface area contributed by atoms with Crippen LogP contribution in [0.25, 0.3) is 17.1 Å². The summed E-state index contributed by atoms with van der Waals surface area (Å²) < 4.78 is 39.5. The van der Waals surface area contributed by atoms with E-state index in [1.165, 1.54) is 17.0 Å². The number of nitrogens with one attached hydrogen (secondary N) is 1. The Morgan fingerprint density at radius 1 is 1.09 bits per heavy atom. The maximum Gasteiger partial charge on any atom is 0.340 e. The minimum atomic E-state index is -1.11. The van der Waals surface area contributed by atoms with Crippen molar-refractivity contribution in [1.82, 2.24) is 9.78 Å². The second-order valence-corrected chi connectivity index (χ2v) is 6.97. The van der Waals surface area contributed by atoms with Crippen LogP contribution < -0.4 is 5.32 Å². The number of amides is 1. The molecule has 0 atom stereocenters. The number of nitrogens with zero attached hydrogens (tertiary/aromatic N) is 2. The lowest BCUT2D eigenvalue weighted by Crippen LogP contribution is -2.16. The Bertz CT molecular complexity index is 1300. The average molecular weight is 458 g/mol. The standard InChI is InChI=1S/C22H14ClF2N3O4/c1-31-22(30)14-9-17(16(25)10-15(14)24)26-21(29)18-11-19(20-3-2-8-32-20)28(27-18)13-6-4-12(23)5-7-13/h2-11H,1H3,(H,26,29). The Kier molecular flexibility index (Phi) is 5.74. The third-order valence-corrected chi connectivity index (χ3v) is 4.75. The van der Waals surface area contributed by atoms with Crippen molar-refractivity contribution in [2.45, 2.75) is 0 Å². The van der Waals surface area contributed by atoms with E-state index in [0.29, 0.717) is 28.2 Å². The summed E-state index contributed by atoms with van der Waals surface area (Å²) in [6.45, 7) is 0. The van der Waals surface area contributed by atoms with Gasteiger partial charge < -0.3 is 14.5 Å². The molecule has 32 heavy (non-hydrogen) atoms. The van der Waals surface area contributed by atoms with Gasteiger partial charge in [0.25, 0.3) is 5.91 Å². The van der Waals surface area contributed by atoms with Crippen molar-refractivity contribution < 1.29 is 27.5 Å². The van der Waals surface area contributed by atoms with Gasteiger partial charge in [0.15, 0.2) is 11.5 Å². The Balaban J connectivity index is 1.72. The van der Waals surface area contributed by atoms with E-state index in [1.54, 1.807) is 36.4 Å². The van der Waals surface area contributed by atoms with Crippen LogP contribution in [0.2, 0.25) is 5.02 Å². The number of hydrogen-bond donors (Lipinski definition) is 1. The van der Waals surface area contributed by atoms with Crippen LogP contribution in [0.15, 0.2) is 65.3 Å². The number of furan rings is 1. The number of methoxy groups -OCH3 is 1. The maximum atomic E-state index is 14.2. The molecular formula is C22H14ClF2N3O4. The fourth-order valence-electron chi connectivity index (χ4n) is 2.97. The molecular weight excluding hydrogens is 444 g/mol. The summed E-state index contributed by atoms with van der Waals surface area (Å²) in [6.07, 6.45) is 1.47. The van der Waals surface area contributed by atoms with Gasteiger partial charge in [0.2, 0.25) is 0 Å². The number of halogens is 3. The van der Waals surface area contributed by atoms with Crippen LogP contribution in [0, 0.1) is 11.6 Å². The van der Waals surface area contributed by atoms with Gasteiger partial charge in [-0.05, 0) is 42.5 Å². The molecule has 0 unspecified atom stereocenters. The highest BCUT2D eigenvalue weighted by molar-refractivity contribution is 6.30. The number of benzene rings is 2. The largest absolute Gasteiger partial charge is 0.465 e. The van der Waals surface area contributed by atoms with Gasteiger partial charge in [-0.15, -0.1) is 0 Å². The number of esters is 1. The van der Waals surface area contributed by atoms with E-state index >= 15 is 0 Å². The first-order valence-corrected chi connectivity index (χ1v) is 9.53. The third kappa shape index (κ3) is 4.10. The summed E-state index contributed by atoms with van der Waals surface area (Å²) in [6, 6.07) is 12.9. The predicted molar refractivity (Wildman–Crippen MR) is 112 cm³/mol. The van der Waals surface area contributed by atoms with Crippen LogP contribution in [0.1, 0.15) is 20.8 Å². The van der Waals surface area contributed by atoms with Crippen molar-refractivity contribution >= 4 is 29.2 Å². The van der Waals surface area contributed by atoms with Crippen LogP contribution >= 0.6 is 11.6 Å². The summed E-state index contributed by atoms with van der Waals surface area (Å²) in [5, 5.41) is 7.12. The van der Waals surface area contributed by atoms with E-state index in [2.05, 4.69) is 15.2 Å². The number of carbonyl (C=O) groups excluding carboxylic acids is 2. The smallest absolute Gasteiger partial charge is 0.340 e. The number of anilines is 1. The van der Waals surface area contributed by atoms with E-state index in [-0.39, 0.29) is 5.69 Å². The van der Waals surface area contributed by atoms with E-state index in [9.17, 15) is 18.4 Å². The molecule has 0 radical (unpaired) electrons. The number of rotatable bonds is 5. The Morgan fingerprint density at radius 2 is 1.84 bits per heavy atom. The van der Waals surface area contributed by atoms with Crippen LogP contribution in [0.5, 0.6) is 0 Å². The molecule has 162 valence electrons. The number of aromatic nitrogens is 2. The molecule has 0 bridgehead atoms. The molecule has 10 heteroatoms. The molecule has 4 aromatic rings. The second kappa shape index (κ2) is 8.64. The highest BCUT2D eigenvalue weighted by Gasteiger charge is 2.22. The van der Waals surface area contributed by atoms with E-state index in [4.69, 9.17) is 16.0 Å². The third-order valence-electron chi connectivity index (χ3n) is 4.50. The summed E-state index contributed by atoms with van der Waals surface area (Å²) in [4.78, 5) is 24.5. The van der Waals surface area contributed by atoms with Crippen molar-refractivity contribution in [2.75, 3.05) is 12.4 Å². The minimum absolute atomic E-state index is 0.0744.